The van der Waals surface area contributed by atoms with Crippen LogP contribution in [0.2, 0.25) is 0 Å². The van der Waals surface area contributed by atoms with Gasteiger partial charge in [-0.2, -0.15) is 0 Å². The molecule has 2 rings (SSSR count). The SMILES string of the molecule is Cc1cc(NCc2ccc(Br)cc2)c(C(N)=S)c(C)n1. The second kappa shape index (κ2) is 6.33. The average Bonchev–Trinajstić information content (AvgIpc) is 2.36. The van der Waals surface area contributed by atoms with Crippen LogP contribution in [0.3, 0.4) is 0 Å². The van der Waals surface area contributed by atoms with E-state index in [-0.39, 0.29) is 0 Å². The van der Waals surface area contributed by atoms with Gasteiger partial charge in [0.15, 0.2) is 0 Å². The quantitative estimate of drug-likeness (QED) is 0.826. The zero-order valence-electron chi connectivity index (χ0n) is 11.4. The lowest BCUT2D eigenvalue weighted by molar-refractivity contribution is 1.08. The summed E-state index contributed by atoms with van der Waals surface area (Å²) in [6, 6.07) is 10.2. The summed E-state index contributed by atoms with van der Waals surface area (Å²) < 4.78 is 1.07. The van der Waals surface area contributed by atoms with Crippen LogP contribution in [0.15, 0.2) is 34.8 Å². The fourth-order valence-electron chi connectivity index (χ4n) is 2.08. The van der Waals surface area contributed by atoms with Crippen LogP contribution in [0.1, 0.15) is 22.5 Å². The van der Waals surface area contributed by atoms with Gasteiger partial charge in [-0.1, -0.05) is 40.3 Å². The van der Waals surface area contributed by atoms with Crippen LogP contribution in [-0.2, 0) is 6.54 Å². The Balaban J connectivity index is 2.24. The van der Waals surface area contributed by atoms with Crippen LogP contribution in [0.4, 0.5) is 5.69 Å². The van der Waals surface area contributed by atoms with Crippen LogP contribution in [0.25, 0.3) is 0 Å². The molecule has 0 amide bonds. The second-order valence-electron chi connectivity index (χ2n) is 4.62. The first-order valence-electron chi connectivity index (χ1n) is 6.23. The molecule has 1 aromatic heterocycles. The first-order chi connectivity index (χ1) is 9.47. The molecule has 0 saturated heterocycles. The lowest BCUT2D eigenvalue weighted by Gasteiger charge is -2.14. The topological polar surface area (TPSA) is 50.9 Å². The maximum Gasteiger partial charge on any atom is 0.107 e. The van der Waals surface area contributed by atoms with Crippen molar-refractivity contribution >= 4 is 38.8 Å². The Labute approximate surface area is 132 Å². The molecule has 3 nitrogen and oxygen atoms in total. The highest BCUT2D eigenvalue weighted by molar-refractivity contribution is 9.10. The van der Waals surface area contributed by atoms with E-state index in [9.17, 15) is 0 Å². The Morgan fingerprint density at radius 3 is 2.55 bits per heavy atom. The van der Waals surface area contributed by atoms with Crippen LogP contribution in [-0.4, -0.2) is 9.97 Å². The minimum Gasteiger partial charge on any atom is -0.389 e. The summed E-state index contributed by atoms with van der Waals surface area (Å²) in [6.07, 6.45) is 0. The Morgan fingerprint density at radius 1 is 1.30 bits per heavy atom. The van der Waals surface area contributed by atoms with E-state index in [0.29, 0.717) is 11.5 Å². The van der Waals surface area contributed by atoms with E-state index in [1.165, 1.54) is 5.56 Å². The van der Waals surface area contributed by atoms with Crippen LogP contribution < -0.4 is 11.1 Å². The normalized spacial score (nSPS) is 10.3. The number of anilines is 1. The van der Waals surface area contributed by atoms with Gasteiger partial charge in [0, 0.05) is 28.1 Å². The maximum atomic E-state index is 5.80. The van der Waals surface area contributed by atoms with Gasteiger partial charge in [-0.25, -0.2) is 0 Å². The van der Waals surface area contributed by atoms with Gasteiger partial charge in [-0.15, -0.1) is 0 Å². The highest BCUT2D eigenvalue weighted by Crippen LogP contribution is 2.21. The molecule has 2 aromatic rings. The van der Waals surface area contributed by atoms with Crippen molar-refractivity contribution in [1.82, 2.24) is 4.98 Å². The number of rotatable bonds is 4. The van der Waals surface area contributed by atoms with Gasteiger partial charge in [-0.05, 0) is 37.6 Å². The summed E-state index contributed by atoms with van der Waals surface area (Å²) in [6.45, 7) is 4.60. The monoisotopic (exact) mass is 349 g/mol. The van der Waals surface area contributed by atoms with Crippen molar-refractivity contribution in [3.05, 3.63) is 57.3 Å². The predicted octanol–water partition coefficient (Wildman–Crippen LogP) is 3.71. The molecule has 0 atom stereocenters. The number of nitrogens with zero attached hydrogens (tertiary/aromatic N) is 1. The van der Waals surface area contributed by atoms with Crippen LogP contribution in [0.5, 0.6) is 0 Å². The number of nitrogens with two attached hydrogens (primary N) is 1. The van der Waals surface area contributed by atoms with Crippen LogP contribution >= 0.6 is 28.1 Å². The van der Waals surface area contributed by atoms with Crippen LogP contribution in [0, 0.1) is 13.8 Å². The highest BCUT2D eigenvalue weighted by atomic mass is 79.9. The van der Waals surface area contributed by atoms with Crippen molar-refractivity contribution in [1.29, 1.82) is 0 Å². The fourth-order valence-corrected chi connectivity index (χ4v) is 2.60. The van der Waals surface area contributed by atoms with Crippen molar-refractivity contribution < 1.29 is 0 Å². The predicted molar refractivity (Wildman–Crippen MR) is 91.1 cm³/mol. The number of benzene rings is 1. The molecule has 20 heavy (non-hydrogen) atoms. The zero-order chi connectivity index (χ0) is 14.7. The third-order valence-electron chi connectivity index (χ3n) is 2.97. The van der Waals surface area contributed by atoms with Gasteiger partial charge in [0.1, 0.15) is 4.99 Å². The molecule has 0 saturated carbocycles. The molecule has 0 unspecified atom stereocenters. The van der Waals surface area contributed by atoms with E-state index in [1.54, 1.807) is 0 Å². The lowest BCUT2D eigenvalue weighted by atomic mass is 10.1. The molecular weight excluding hydrogens is 334 g/mol. The molecule has 0 aliphatic carbocycles. The number of aryl methyl sites for hydroxylation is 2. The number of nitrogens with one attached hydrogen (secondary N) is 1. The number of hydrogen-bond acceptors (Lipinski definition) is 3. The zero-order valence-corrected chi connectivity index (χ0v) is 13.8. The van der Waals surface area contributed by atoms with Crippen molar-refractivity contribution in [3.63, 3.8) is 0 Å². The molecule has 0 spiro atoms. The lowest BCUT2D eigenvalue weighted by Crippen LogP contribution is -2.16. The Bertz CT molecular complexity index is 638. The molecule has 0 fully saturated rings. The van der Waals surface area contributed by atoms with Gasteiger partial charge < -0.3 is 11.1 Å². The first-order valence-corrected chi connectivity index (χ1v) is 7.44. The Kier molecular flexibility index (Phi) is 4.73. The van der Waals surface area contributed by atoms with Crippen molar-refractivity contribution in [2.24, 2.45) is 5.73 Å². The van der Waals surface area contributed by atoms with Crippen molar-refractivity contribution in [2.75, 3.05) is 5.32 Å². The van der Waals surface area contributed by atoms with E-state index in [1.807, 2.05) is 32.0 Å². The van der Waals surface area contributed by atoms with E-state index in [2.05, 4.69) is 38.4 Å². The van der Waals surface area contributed by atoms with Gasteiger partial charge >= 0.3 is 0 Å². The van der Waals surface area contributed by atoms with Gasteiger partial charge in [0.25, 0.3) is 0 Å². The van der Waals surface area contributed by atoms with Crippen molar-refractivity contribution in [3.8, 4) is 0 Å². The molecule has 1 heterocycles. The van der Waals surface area contributed by atoms with E-state index in [4.69, 9.17) is 18.0 Å². The molecule has 104 valence electrons. The molecule has 0 radical (unpaired) electrons. The van der Waals surface area contributed by atoms with E-state index >= 15 is 0 Å². The minimum absolute atomic E-state index is 0.369. The Morgan fingerprint density at radius 2 is 1.95 bits per heavy atom. The summed E-state index contributed by atoms with van der Waals surface area (Å²) in [4.78, 5) is 4.78. The van der Waals surface area contributed by atoms with Gasteiger partial charge in [0.2, 0.25) is 0 Å². The molecule has 3 N–H and O–H groups in total. The van der Waals surface area contributed by atoms with Gasteiger partial charge in [-0.3, -0.25) is 4.98 Å². The number of thiocarbonyl (C=S) groups is 1. The molecule has 1 aromatic carbocycles. The standard InChI is InChI=1S/C15H16BrN3S/c1-9-7-13(14(15(17)20)10(2)19-9)18-8-11-3-5-12(16)6-4-11/h3-7H,8H2,1-2H3,(H2,17,20)(H,18,19). The smallest absolute Gasteiger partial charge is 0.107 e. The summed E-state index contributed by atoms with van der Waals surface area (Å²) in [5.74, 6) is 0. The summed E-state index contributed by atoms with van der Waals surface area (Å²) in [5, 5.41) is 3.39. The minimum atomic E-state index is 0.369. The second-order valence-corrected chi connectivity index (χ2v) is 5.97. The summed E-state index contributed by atoms with van der Waals surface area (Å²) >= 11 is 8.55. The fraction of sp³-hybridized carbons (Fsp3) is 0.200. The molecule has 0 aliphatic heterocycles. The van der Waals surface area contributed by atoms with Gasteiger partial charge in [0.05, 0.1) is 5.56 Å². The number of pyridine rings is 1. The number of hydrogen-bond donors (Lipinski definition) is 2. The third-order valence-corrected chi connectivity index (χ3v) is 3.70. The van der Waals surface area contributed by atoms with E-state index in [0.717, 1.165) is 27.1 Å². The largest absolute Gasteiger partial charge is 0.389 e. The molecule has 5 heteroatoms. The first kappa shape index (κ1) is 14.9. The number of halogens is 1. The molecule has 0 bridgehead atoms. The van der Waals surface area contributed by atoms with Crippen molar-refractivity contribution in [2.45, 2.75) is 20.4 Å². The maximum absolute atomic E-state index is 5.80. The summed E-state index contributed by atoms with van der Waals surface area (Å²) in [7, 11) is 0. The molecule has 0 aliphatic rings. The molecular formula is C15H16BrN3S. The summed E-state index contributed by atoms with van der Waals surface area (Å²) in [5.41, 5.74) is 10.5. The number of aromatic nitrogens is 1. The average molecular weight is 350 g/mol. The Hall–Kier alpha value is -1.46. The van der Waals surface area contributed by atoms with E-state index < -0.39 is 0 Å². The highest BCUT2D eigenvalue weighted by Gasteiger charge is 2.10. The third kappa shape index (κ3) is 3.55.